The van der Waals surface area contributed by atoms with E-state index in [1.54, 1.807) is 13.8 Å². The van der Waals surface area contributed by atoms with Crippen molar-refractivity contribution in [2.45, 2.75) is 44.9 Å². The van der Waals surface area contributed by atoms with Gasteiger partial charge in [0, 0.05) is 23.5 Å². The van der Waals surface area contributed by atoms with E-state index in [1.807, 2.05) is 0 Å². The lowest BCUT2D eigenvalue weighted by atomic mass is 9.88. The zero-order valence-corrected chi connectivity index (χ0v) is 19.0. The number of rotatable bonds is 7. The van der Waals surface area contributed by atoms with Gasteiger partial charge in [0.15, 0.2) is 0 Å². The van der Waals surface area contributed by atoms with Gasteiger partial charge in [-0.1, -0.05) is 20.8 Å². The molecule has 0 fully saturated rings. The van der Waals surface area contributed by atoms with Gasteiger partial charge in [-0.25, -0.2) is 8.42 Å². The molecular weight excluding hydrogens is 422 g/mol. The molecule has 0 unspecified atom stereocenters. The molecule has 1 aliphatic rings. The van der Waals surface area contributed by atoms with Crippen molar-refractivity contribution in [2.75, 3.05) is 18.4 Å². The molecule has 1 aromatic heterocycles. The number of hydrogen-bond donors (Lipinski definition) is 2. The highest BCUT2D eigenvalue weighted by atomic mass is 32.2. The Kier molecular flexibility index (Phi) is 6.64. The van der Waals surface area contributed by atoms with Gasteiger partial charge in [-0.15, -0.1) is 11.3 Å². The second kappa shape index (κ2) is 8.87. The van der Waals surface area contributed by atoms with E-state index in [0.29, 0.717) is 35.1 Å². The smallest absolute Gasteiger partial charge is 0.256 e. The first-order valence-electron chi connectivity index (χ1n) is 10.0. The first kappa shape index (κ1) is 22.5. The van der Waals surface area contributed by atoms with Crippen molar-refractivity contribution in [3.05, 3.63) is 45.8 Å². The van der Waals surface area contributed by atoms with Gasteiger partial charge in [-0.2, -0.15) is 4.31 Å². The van der Waals surface area contributed by atoms with Crippen LogP contribution in [0.3, 0.4) is 0 Å². The Morgan fingerprint density at radius 2 is 1.83 bits per heavy atom. The largest absolute Gasteiger partial charge is 0.365 e. The highest BCUT2D eigenvalue weighted by molar-refractivity contribution is 7.89. The van der Waals surface area contributed by atoms with E-state index < -0.39 is 21.8 Å². The first-order valence-corrected chi connectivity index (χ1v) is 12.3. The molecule has 2 aromatic rings. The summed E-state index contributed by atoms with van der Waals surface area (Å²) in [7, 11) is -3.59. The summed E-state index contributed by atoms with van der Waals surface area (Å²) in [4.78, 5) is 26.0. The topological polar surface area (TPSA) is 110 Å². The van der Waals surface area contributed by atoms with E-state index in [4.69, 9.17) is 5.73 Å². The van der Waals surface area contributed by atoms with E-state index in [1.165, 1.54) is 39.9 Å². The third kappa shape index (κ3) is 4.28. The standard InChI is InChI=1S/C21H27N3O4S2/c1-4-24(5-2)30(27,28)15-9-7-14(8-10-15)20(26)23-21-18(19(22)25)16-11-6-13(3)12-17(16)29-21/h7-10,13H,4-6,11-12H2,1-3H3,(H2,22,25)(H,23,26)/t13-/m0/s1. The second-order valence-corrected chi connectivity index (χ2v) is 10.5. The molecule has 3 rings (SSSR count). The van der Waals surface area contributed by atoms with E-state index >= 15 is 0 Å². The zero-order valence-electron chi connectivity index (χ0n) is 17.4. The quantitative estimate of drug-likeness (QED) is 0.676. The van der Waals surface area contributed by atoms with Crippen molar-refractivity contribution in [3.63, 3.8) is 0 Å². The highest BCUT2D eigenvalue weighted by Crippen LogP contribution is 2.39. The molecule has 1 aliphatic carbocycles. The van der Waals surface area contributed by atoms with Gasteiger partial charge in [0.05, 0.1) is 10.5 Å². The number of thiophene rings is 1. The second-order valence-electron chi connectivity index (χ2n) is 7.49. The van der Waals surface area contributed by atoms with Crippen LogP contribution in [0.25, 0.3) is 0 Å². The molecule has 0 saturated heterocycles. The van der Waals surface area contributed by atoms with Crippen LogP contribution in [0, 0.1) is 5.92 Å². The molecule has 0 radical (unpaired) electrons. The number of benzene rings is 1. The normalized spacial score (nSPS) is 16.3. The maximum absolute atomic E-state index is 12.8. The predicted octanol–water partition coefficient (Wildman–Crippen LogP) is 3.25. The Balaban J connectivity index is 1.85. The fourth-order valence-electron chi connectivity index (χ4n) is 3.77. The number of anilines is 1. The number of nitrogens with zero attached hydrogens (tertiary/aromatic N) is 1. The van der Waals surface area contributed by atoms with Crippen LogP contribution in [-0.2, 0) is 22.9 Å². The molecule has 1 atom stereocenters. The SMILES string of the molecule is CCN(CC)S(=O)(=O)c1ccc(C(=O)Nc2sc3c(c2C(N)=O)CC[C@H](C)C3)cc1. The summed E-state index contributed by atoms with van der Waals surface area (Å²) in [5.74, 6) is -0.422. The number of nitrogens with two attached hydrogens (primary N) is 1. The van der Waals surface area contributed by atoms with Crippen molar-refractivity contribution in [2.24, 2.45) is 11.7 Å². The minimum Gasteiger partial charge on any atom is -0.365 e. The Bertz CT molecular complexity index is 1050. The van der Waals surface area contributed by atoms with Gasteiger partial charge >= 0.3 is 0 Å². The van der Waals surface area contributed by atoms with Crippen LogP contribution in [0.4, 0.5) is 5.00 Å². The molecule has 9 heteroatoms. The number of sulfonamides is 1. The minimum absolute atomic E-state index is 0.140. The molecule has 7 nitrogen and oxygen atoms in total. The van der Waals surface area contributed by atoms with Crippen molar-refractivity contribution in [1.82, 2.24) is 4.31 Å². The molecule has 0 bridgehead atoms. The van der Waals surface area contributed by atoms with E-state index in [2.05, 4.69) is 12.2 Å². The molecule has 0 spiro atoms. The number of primary amides is 1. The monoisotopic (exact) mass is 449 g/mol. The summed E-state index contributed by atoms with van der Waals surface area (Å²) in [6, 6.07) is 5.81. The number of hydrogen-bond acceptors (Lipinski definition) is 5. The van der Waals surface area contributed by atoms with Crippen LogP contribution in [0.1, 0.15) is 58.3 Å². The Morgan fingerprint density at radius 1 is 1.20 bits per heavy atom. The minimum atomic E-state index is -3.59. The zero-order chi connectivity index (χ0) is 22.1. The van der Waals surface area contributed by atoms with E-state index in [-0.39, 0.29) is 4.90 Å². The average molecular weight is 450 g/mol. The van der Waals surface area contributed by atoms with E-state index in [9.17, 15) is 18.0 Å². The number of carbonyl (C=O) groups excluding carboxylic acids is 2. The highest BCUT2D eigenvalue weighted by Gasteiger charge is 2.27. The molecular formula is C21H27N3O4S2. The number of carbonyl (C=O) groups is 2. The predicted molar refractivity (Wildman–Crippen MR) is 119 cm³/mol. The molecule has 30 heavy (non-hydrogen) atoms. The summed E-state index contributed by atoms with van der Waals surface area (Å²) in [5.41, 5.74) is 7.25. The number of nitrogens with one attached hydrogen (secondary N) is 1. The summed E-state index contributed by atoms with van der Waals surface area (Å²) < 4.78 is 26.6. The Hall–Kier alpha value is -2.23. The maximum atomic E-state index is 12.8. The van der Waals surface area contributed by atoms with Crippen molar-refractivity contribution < 1.29 is 18.0 Å². The third-order valence-corrected chi connectivity index (χ3v) is 8.68. The van der Waals surface area contributed by atoms with Gasteiger partial charge in [0.1, 0.15) is 5.00 Å². The Morgan fingerprint density at radius 3 is 2.40 bits per heavy atom. The lowest BCUT2D eigenvalue weighted by Gasteiger charge is -2.18. The van der Waals surface area contributed by atoms with E-state index in [0.717, 1.165) is 29.7 Å². The van der Waals surface area contributed by atoms with Crippen LogP contribution >= 0.6 is 11.3 Å². The van der Waals surface area contributed by atoms with Crippen LogP contribution in [0.2, 0.25) is 0 Å². The van der Waals surface area contributed by atoms with Crippen molar-refractivity contribution in [1.29, 1.82) is 0 Å². The molecule has 1 heterocycles. The van der Waals surface area contributed by atoms with Crippen LogP contribution < -0.4 is 11.1 Å². The lowest BCUT2D eigenvalue weighted by molar-refractivity contribution is 0.1000. The first-order chi connectivity index (χ1) is 14.2. The Labute approximate surface area is 181 Å². The fourth-order valence-corrected chi connectivity index (χ4v) is 6.63. The number of fused-ring (bicyclic) bond motifs is 1. The van der Waals surface area contributed by atoms with Gasteiger partial charge < -0.3 is 11.1 Å². The molecule has 3 N–H and O–H groups in total. The van der Waals surface area contributed by atoms with Crippen LogP contribution in [0.5, 0.6) is 0 Å². The van der Waals surface area contributed by atoms with Crippen LogP contribution in [0.15, 0.2) is 29.2 Å². The van der Waals surface area contributed by atoms with Crippen molar-refractivity contribution in [3.8, 4) is 0 Å². The van der Waals surface area contributed by atoms with Crippen LogP contribution in [-0.4, -0.2) is 37.6 Å². The van der Waals surface area contributed by atoms with Gasteiger partial charge in [0.25, 0.3) is 11.8 Å². The van der Waals surface area contributed by atoms with Gasteiger partial charge in [-0.3, -0.25) is 9.59 Å². The lowest BCUT2D eigenvalue weighted by Crippen LogP contribution is -2.30. The maximum Gasteiger partial charge on any atom is 0.256 e. The van der Waals surface area contributed by atoms with Crippen molar-refractivity contribution >= 4 is 38.2 Å². The molecule has 0 saturated carbocycles. The fraction of sp³-hybridized carbons (Fsp3) is 0.429. The summed E-state index contributed by atoms with van der Waals surface area (Å²) >= 11 is 1.40. The molecule has 0 aliphatic heterocycles. The molecule has 2 amide bonds. The average Bonchev–Trinajstić information content (AvgIpc) is 3.05. The summed E-state index contributed by atoms with van der Waals surface area (Å²) in [6.45, 7) is 6.47. The molecule has 1 aromatic carbocycles. The van der Waals surface area contributed by atoms with Gasteiger partial charge in [-0.05, 0) is 55.0 Å². The third-order valence-electron chi connectivity index (χ3n) is 5.44. The number of amides is 2. The van der Waals surface area contributed by atoms with Gasteiger partial charge in [0.2, 0.25) is 10.0 Å². The summed E-state index contributed by atoms with van der Waals surface area (Å²) in [5, 5.41) is 3.27. The summed E-state index contributed by atoms with van der Waals surface area (Å²) in [6.07, 6.45) is 2.63. The molecule has 162 valence electrons.